The molecule has 1 heterocycles. The molecular formula is C18H26N2. The minimum Gasteiger partial charge on any atom is -0.370 e. The van der Waals surface area contributed by atoms with Gasteiger partial charge in [-0.2, -0.15) is 0 Å². The molecule has 0 radical (unpaired) electrons. The van der Waals surface area contributed by atoms with Crippen molar-refractivity contribution in [3.63, 3.8) is 0 Å². The molecule has 20 heavy (non-hydrogen) atoms. The highest BCUT2D eigenvalue weighted by Crippen LogP contribution is 2.36. The predicted octanol–water partition coefficient (Wildman–Crippen LogP) is 3.14. The van der Waals surface area contributed by atoms with E-state index < -0.39 is 0 Å². The van der Waals surface area contributed by atoms with Crippen LogP contribution in [0.5, 0.6) is 0 Å². The summed E-state index contributed by atoms with van der Waals surface area (Å²) in [6, 6.07) is 7.74. The summed E-state index contributed by atoms with van der Waals surface area (Å²) in [6.07, 6.45) is 9.51. The first-order valence-corrected chi connectivity index (χ1v) is 8.51. The van der Waals surface area contributed by atoms with Crippen LogP contribution in [-0.2, 0) is 12.8 Å². The second-order valence-electron chi connectivity index (χ2n) is 6.82. The third-order valence-electron chi connectivity index (χ3n) is 5.33. The first-order valence-electron chi connectivity index (χ1n) is 8.51. The van der Waals surface area contributed by atoms with Crippen LogP contribution < -0.4 is 10.2 Å². The van der Waals surface area contributed by atoms with Crippen LogP contribution in [0, 0.1) is 5.92 Å². The highest BCUT2D eigenvalue weighted by molar-refractivity contribution is 5.58. The van der Waals surface area contributed by atoms with Gasteiger partial charge in [0.2, 0.25) is 0 Å². The summed E-state index contributed by atoms with van der Waals surface area (Å²) < 4.78 is 0. The Hall–Kier alpha value is -1.02. The second-order valence-corrected chi connectivity index (χ2v) is 6.82. The minimum atomic E-state index is 0.733. The van der Waals surface area contributed by atoms with Crippen LogP contribution in [-0.4, -0.2) is 25.7 Å². The third kappa shape index (κ3) is 2.46. The van der Waals surface area contributed by atoms with E-state index in [1.165, 1.54) is 64.6 Å². The van der Waals surface area contributed by atoms with E-state index >= 15 is 0 Å². The summed E-state index contributed by atoms with van der Waals surface area (Å²) in [5.41, 5.74) is 4.83. The van der Waals surface area contributed by atoms with Gasteiger partial charge in [0.1, 0.15) is 0 Å². The molecule has 1 saturated carbocycles. The molecule has 1 aromatic carbocycles. The van der Waals surface area contributed by atoms with Crippen LogP contribution in [0.15, 0.2) is 18.2 Å². The summed E-state index contributed by atoms with van der Waals surface area (Å²) in [7, 11) is 0. The van der Waals surface area contributed by atoms with Gasteiger partial charge in [-0.25, -0.2) is 0 Å². The molecule has 2 aliphatic carbocycles. The van der Waals surface area contributed by atoms with E-state index in [1.54, 1.807) is 16.8 Å². The van der Waals surface area contributed by atoms with Crippen molar-refractivity contribution in [2.24, 2.45) is 5.92 Å². The van der Waals surface area contributed by atoms with Gasteiger partial charge in [0.15, 0.2) is 0 Å². The van der Waals surface area contributed by atoms with E-state index in [1.807, 2.05) is 0 Å². The van der Waals surface area contributed by atoms with Gasteiger partial charge in [-0.3, -0.25) is 0 Å². The molecule has 0 amide bonds. The van der Waals surface area contributed by atoms with Crippen molar-refractivity contribution in [3.05, 3.63) is 29.3 Å². The lowest BCUT2D eigenvalue weighted by Gasteiger charge is -2.31. The number of nitrogens with zero attached hydrogens (tertiary/aromatic N) is 1. The van der Waals surface area contributed by atoms with Crippen molar-refractivity contribution in [1.29, 1.82) is 0 Å². The number of benzene rings is 1. The maximum Gasteiger partial charge on any atom is 0.0402 e. The molecule has 108 valence electrons. The van der Waals surface area contributed by atoms with E-state index in [0.717, 1.165) is 12.0 Å². The standard InChI is InChI=1S/C18H26N2/c1-2-7-16-14(5-1)6-3-8-18(16)20-12-4-11-19-17(13-20)15-9-10-15/h3,6,8,15,17,19H,1-2,4-5,7,9-13H2. The Morgan fingerprint density at radius 1 is 1.05 bits per heavy atom. The van der Waals surface area contributed by atoms with Crippen molar-refractivity contribution < 1.29 is 0 Å². The maximum absolute atomic E-state index is 3.78. The van der Waals surface area contributed by atoms with E-state index in [-0.39, 0.29) is 0 Å². The zero-order valence-electron chi connectivity index (χ0n) is 12.4. The molecule has 0 bridgehead atoms. The van der Waals surface area contributed by atoms with E-state index in [2.05, 4.69) is 28.4 Å². The van der Waals surface area contributed by atoms with Crippen LogP contribution in [0.25, 0.3) is 0 Å². The predicted molar refractivity (Wildman–Crippen MR) is 84.4 cm³/mol. The highest BCUT2D eigenvalue weighted by Gasteiger charge is 2.33. The van der Waals surface area contributed by atoms with Gasteiger partial charge in [-0.05, 0) is 74.6 Å². The van der Waals surface area contributed by atoms with Crippen LogP contribution in [0.1, 0.15) is 43.2 Å². The normalized spacial score (nSPS) is 27.0. The van der Waals surface area contributed by atoms with Gasteiger partial charge in [-0.1, -0.05) is 12.1 Å². The molecule has 1 atom stereocenters. The Morgan fingerprint density at radius 3 is 2.85 bits per heavy atom. The molecular weight excluding hydrogens is 244 g/mol. The molecule has 1 aromatic rings. The van der Waals surface area contributed by atoms with Crippen molar-refractivity contribution >= 4 is 5.69 Å². The van der Waals surface area contributed by atoms with Crippen molar-refractivity contribution in [2.75, 3.05) is 24.5 Å². The lowest BCUT2D eigenvalue weighted by Crippen LogP contribution is -2.39. The molecule has 1 aliphatic heterocycles. The van der Waals surface area contributed by atoms with Crippen molar-refractivity contribution in [2.45, 2.75) is 51.0 Å². The molecule has 1 N–H and O–H groups in total. The number of hydrogen-bond acceptors (Lipinski definition) is 2. The second kappa shape index (κ2) is 5.40. The number of rotatable bonds is 2. The summed E-state index contributed by atoms with van der Waals surface area (Å²) in [5.74, 6) is 0.954. The van der Waals surface area contributed by atoms with Crippen LogP contribution in [0.3, 0.4) is 0 Å². The Bertz CT molecular complexity index is 478. The average molecular weight is 270 g/mol. The highest BCUT2D eigenvalue weighted by atomic mass is 15.2. The number of nitrogens with one attached hydrogen (secondary N) is 1. The number of anilines is 1. The molecule has 2 fully saturated rings. The Labute approximate surface area is 122 Å². The first-order chi connectivity index (χ1) is 9.92. The molecule has 4 rings (SSSR count). The zero-order valence-corrected chi connectivity index (χ0v) is 12.4. The molecule has 0 spiro atoms. The fourth-order valence-electron chi connectivity index (χ4n) is 4.04. The summed E-state index contributed by atoms with van der Waals surface area (Å²) in [5, 5.41) is 3.78. The Balaban J connectivity index is 1.61. The largest absolute Gasteiger partial charge is 0.370 e. The molecule has 1 unspecified atom stereocenters. The van der Waals surface area contributed by atoms with Gasteiger partial charge < -0.3 is 10.2 Å². The smallest absolute Gasteiger partial charge is 0.0402 e. The third-order valence-corrected chi connectivity index (χ3v) is 5.33. The van der Waals surface area contributed by atoms with Gasteiger partial charge >= 0.3 is 0 Å². The fourth-order valence-corrected chi connectivity index (χ4v) is 4.04. The van der Waals surface area contributed by atoms with Crippen molar-refractivity contribution in [3.8, 4) is 0 Å². The number of aryl methyl sites for hydroxylation is 1. The summed E-state index contributed by atoms with van der Waals surface area (Å²) >= 11 is 0. The summed E-state index contributed by atoms with van der Waals surface area (Å²) in [6.45, 7) is 3.65. The van der Waals surface area contributed by atoms with E-state index in [0.29, 0.717) is 0 Å². The minimum absolute atomic E-state index is 0.733. The van der Waals surface area contributed by atoms with Crippen LogP contribution in [0.2, 0.25) is 0 Å². The molecule has 1 saturated heterocycles. The average Bonchev–Trinajstić information content (AvgIpc) is 3.32. The Morgan fingerprint density at radius 2 is 1.95 bits per heavy atom. The zero-order chi connectivity index (χ0) is 13.4. The topological polar surface area (TPSA) is 15.3 Å². The summed E-state index contributed by atoms with van der Waals surface area (Å²) in [4.78, 5) is 2.69. The molecule has 2 heteroatoms. The first kappa shape index (κ1) is 12.7. The number of hydrogen-bond donors (Lipinski definition) is 1. The lowest BCUT2D eigenvalue weighted by molar-refractivity contribution is 0.489. The number of fused-ring (bicyclic) bond motifs is 1. The lowest BCUT2D eigenvalue weighted by atomic mass is 9.90. The molecule has 0 aromatic heterocycles. The maximum atomic E-state index is 3.78. The van der Waals surface area contributed by atoms with Gasteiger partial charge in [0.05, 0.1) is 0 Å². The van der Waals surface area contributed by atoms with E-state index in [9.17, 15) is 0 Å². The molecule has 2 nitrogen and oxygen atoms in total. The van der Waals surface area contributed by atoms with Crippen molar-refractivity contribution in [1.82, 2.24) is 5.32 Å². The van der Waals surface area contributed by atoms with Gasteiger partial charge in [0, 0.05) is 24.8 Å². The van der Waals surface area contributed by atoms with Crippen LogP contribution >= 0.6 is 0 Å². The van der Waals surface area contributed by atoms with Crippen LogP contribution in [0.4, 0.5) is 5.69 Å². The quantitative estimate of drug-likeness (QED) is 0.888. The fraction of sp³-hybridized carbons (Fsp3) is 0.667. The Kier molecular flexibility index (Phi) is 3.43. The SMILES string of the molecule is c1cc2c(c(N3CCCNC(C4CC4)C3)c1)CCCC2. The molecule has 3 aliphatic rings. The monoisotopic (exact) mass is 270 g/mol. The van der Waals surface area contributed by atoms with Gasteiger partial charge in [-0.15, -0.1) is 0 Å². The van der Waals surface area contributed by atoms with Gasteiger partial charge in [0.25, 0.3) is 0 Å². The van der Waals surface area contributed by atoms with E-state index in [4.69, 9.17) is 0 Å².